The number of rotatable bonds is 5. The minimum atomic E-state index is -1.01. The topological polar surface area (TPSA) is 66.4 Å². The van der Waals surface area contributed by atoms with E-state index in [1.807, 2.05) is 24.3 Å². The zero-order valence-corrected chi connectivity index (χ0v) is 10.9. The number of carboxylic acids is 1. The van der Waals surface area contributed by atoms with E-state index in [2.05, 4.69) is 19.2 Å². The minimum Gasteiger partial charge on any atom is -0.480 e. The highest BCUT2D eigenvalue weighted by Crippen LogP contribution is 2.16. The Morgan fingerprint density at radius 2 is 2.00 bits per heavy atom. The van der Waals surface area contributed by atoms with Gasteiger partial charge in [0.1, 0.15) is 6.04 Å². The van der Waals surface area contributed by atoms with E-state index < -0.39 is 12.0 Å². The lowest BCUT2D eigenvalue weighted by molar-refractivity contribution is -0.141. The van der Waals surface area contributed by atoms with E-state index in [-0.39, 0.29) is 5.91 Å². The van der Waals surface area contributed by atoms with Crippen molar-refractivity contribution in [3.05, 3.63) is 35.4 Å². The minimum absolute atomic E-state index is 0.301. The van der Waals surface area contributed by atoms with Crippen molar-refractivity contribution in [3.8, 4) is 0 Å². The summed E-state index contributed by atoms with van der Waals surface area (Å²) in [5, 5.41) is 11.5. The molecule has 0 heterocycles. The first kappa shape index (κ1) is 14.2. The normalized spacial score (nSPS) is 12.2. The summed E-state index contributed by atoms with van der Waals surface area (Å²) in [5.74, 6) is -0.948. The van der Waals surface area contributed by atoms with Crippen LogP contribution in [0.3, 0.4) is 0 Å². The second-order valence-electron chi connectivity index (χ2n) is 4.70. The molecule has 98 valence electrons. The summed E-state index contributed by atoms with van der Waals surface area (Å²) < 4.78 is 0. The molecule has 1 amide bonds. The van der Waals surface area contributed by atoms with Gasteiger partial charge in [-0.3, -0.25) is 4.79 Å². The average Bonchev–Trinajstić information content (AvgIpc) is 2.27. The molecular formula is C14H19NO3. The van der Waals surface area contributed by atoms with Gasteiger partial charge < -0.3 is 10.4 Å². The molecular weight excluding hydrogens is 230 g/mol. The monoisotopic (exact) mass is 249 g/mol. The highest BCUT2D eigenvalue weighted by atomic mass is 16.4. The molecule has 0 aliphatic heterocycles. The first-order valence-electron chi connectivity index (χ1n) is 5.99. The van der Waals surface area contributed by atoms with Gasteiger partial charge in [-0.2, -0.15) is 0 Å². The van der Waals surface area contributed by atoms with Crippen LogP contribution >= 0.6 is 0 Å². The molecule has 0 bridgehead atoms. The van der Waals surface area contributed by atoms with Gasteiger partial charge in [0.2, 0.25) is 5.91 Å². The van der Waals surface area contributed by atoms with Crippen molar-refractivity contribution in [1.82, 2.24) is 5.32 Å². The summed E-state index contributed by atoms with van der Waals surface area (Å²) >= 11 is 0. The molecule has 1 aromatic carbocycles. The molecule has 0 radical (unpaired) electrons. The van der Waals surface area contributed by atoms with E-state index in [0.717, 1.165) is 5.56 Å². The lowest BCUT2D eigenvalue weighted by Crippen LogP contribution is -2.41. The van der Waals surface area contributed by atoms with E-state index in [9.17, 15) is 9.59 Å². The van der Waals surface area contributed by atoms with E-state index in [4.69, 9.17) is 5.11 Å². The molecule has 4 nitrogen and oxygen atoms in total. The summed E-state index contributed by atoms with van der Waals surface area (Å²) in [7, 11) is 0. The molecule has 18 heavy (non-hydrogen) atoms. The lowest BCUT2D eigenvalue weighted by atomic mass is 9.98. The predicted octanol–water partition coefficient (Wildman–Crippen LogP) is 1.94. The van der Waals surface area contributed by atoms with Gasteiger partial charge in [-0.1, -0.05) is 38.1 Å². The Bertz CT molecular complexity index is 440. The fraction of sp³-hybridized carbons (Fsp3) is 0.429. The summed E-state index contributed by atoms with van der Waals surface area (Å²) in [6.45, 7) is 5.49. The molecule has 1 aromatic rings. The first-order valence-corrected chi connectivity index (χ1v) is 5.99. The van der Waals surface area contributed by atoms with Gasteiger partial charge in [-0.25, -0.2) is 4.79 Å². The molecule has 0 fully saturated rings. The molecule has 0 spiro atoms. The van der Waals surface area contributed by atoms with E-state index in [1.54, 1.807) is 0 Å². The lowest BCUT2D eigenvalue weighted by Gasteiger charge is -2.14. The second-order valence-corrected chi connectivity index (χ2v) is 4.70. The number of carbonyl (C=O) groups excluding carboxylic acids is 1. The number of carbonyl (C=O) groups is 2. The summed E-state index contributed by atoms with van der Waals surface area (Å²) in [6.07, 6.45) is 0.301. The predicted molar refractivity (Wildman–Crippen MR) is 69.5 cm³/mol. The number of carboxylic acid groups (broad SMARTS) is 1. The Hall–Kier alpha value is -1.84. The molecule has 1 rings (SSSR count). The number of hydrogen-bond donors (Lipinski definition) is 2. The molecule has 0 aliphatic carbocycles. The molecule has 2 N–H and O–H groups in total. The molecule has 0 aliphatic rings. The van der Waals surface area contributed by atoms with E-state index in [1.165, 1.54) is 12.5 Å². The maximum atomic E-state index is 11.0. The van der Waals surface area contributed by atoms with Crippen LogP contribution in [-0.2, 0) is 16.0 Å². The third-order valence-electron chi connectivity index (χ3n) is 2.73. The number of aliphatic carboxylic acids is 1. The van der Waals surface area contributed by atoms with Gasteiger partial charge >= 0.3 is 5.97 Å². The van der Waals surface area contributed by atoms with Crippen LogP contribution in [0.2, 0.25) is 0 Å². The maximum absolute atomic E-state index is 11.0. The van der Waals surface area contributed by atoms with Crippen molar-refractivity contribution >= 4 is 11.9 Å². The largest absolute Gasteiger partial charge is 0.480 e. The third-order valence-corrected chi connectivity index (χ3v) is 2.73. The van der Waals surface area contributed by atoms with Crippen LogP contribution in [-0.4, -0.2) is 23.0 Å². The van der Waals surface area contributed by atoms with Crippen molar-refractivity contribution in [2.75, 3.05) is 0 Å². The smallest absolute Gasteiger partial charge is 0.326 e. The summed E-state index contributed by atoms with van der Waals surface area (Å²) in [4.78, 5) is 22.0. The van der Waals surface area contributed by atoms with Gasteiger partial charge in [-0.15, -0.1) is 0 Å². The number of hydrogen-bond acceptors (Lipinski definition) is 2. The molecule has 1 atom stereocenters. The molecule has 0 aromatic heterocycles. The Labute approximate surface area is 107 Å². The number of nitrogens with one attached hydrogen (secondary N) is 1. The fourth-order valence-corrected chi connectivity index (χ4v) is 1.76. The van der Waals surface area contributed by atoms with Crippen molar-refractivity contribution in [1.29, 1.82) is 0 Å². The SMILES string of the molecule is CC(=O)NC(Cc1cccc(C(C)C)c1)C(=O)O. The van der Waals surface area contributed by atoms with Crippen LogP contribution in [0.15, 0.2) is 24.3 Å². The summed E-state index contributed by atoms with van der Waals surface area (Å²) in [6, 6.07) is 6.93. The average molecular weight is 249 g/mol. The van der Waals surface area contributed by atoms with Crippen LogP contribution in [0.5, 0.6) is 0 Å². The van der Waals surface area contributed by atoms with Crippen LogP contribution < -0.4 is 5.32 Å². The Morgan fingerprint density at radius 1 is 1.33 bits per heavy atom. The van der Waals surface area contributed by atoms with Gasteiger partial charge in [0.25, 0.3) is 0 Å². The van der Waals surface area contributed by atoms with Crippen molar-refractivity contribution < 1.29 is 14.7 Å². The highest BCUT2D eigenvalue weighted by Gasteiger charge is 2.18. The molecule has 1 unspecified atom stereocenters. The Morgan fingerprint density at radius 3 is 2.50 bits per heavy atom. The van der Waals surface area contributed by atoms with Crippen LogP contribution in [0.25, 0.3) is 0 Å². The zero-order chi connectivity index (χ0) is 13.7. The number of benzene rings is 1. The molecule has 0 saturated heterocycles. The van der Waals surface area contributed by atoms with Gasteiger partial charge in [0.15, 0.2) is 0 Å². The quantitative estimate of drug-likeness (QED) is 0.838. The van der Waals surface area contributed by atoms with Crippen molar-refractivity contribution in [2.45, 2.75) is 39.2 Å². The van der Waals surface area contributed by atoms with Crippen LogP contribution in [0.1, 0.15) is 37.8 Å². The fourth-order valence-electron chi connectivity index (χ4n) is 1.76. The molecule has 0 saturated carbocycles. The highest BCUT2D eigenvalue weighted by molar-refractivity contribution is 5.82. The summed E-state index contributed by atoms with van der Waals surface area (Å²) in [5.41, 5.74) is 2.09. The Kier molecular flexibility index (Phi) is 4.89. The second kappa shape index (κ2) is 6.19. The van der Waals surface area contributed by atoms with Gasteiger partial charge in [0, 0.05) is 13.3 Å². The van der Waals surface area contributed by atoms with E-state index >= 15 is 0 Å². The third kappa shape index (κ3) is 4.20. The maximum Gasteiger partial charge on any atom is 0.326 e. The first-order chi connectivity index (χ1) is 8.40. The van der Waals surface area contributed by atoms with E-state index in [0.29, 0.717) is 12.3 Å². The van der Waals surface area contributed by atoms with Crippen LogP contribution in [0.4, 0.5) is 0 Å². The zero-order valence-electron chi connectivity index (χ0n) is 10.9. The van der Waals surface area contributed by atoms with Crippen molar-refractivity contribution in [2.24, 2.45) is 0 Å². The Balaban J connectivity index is 2.83. The van der Waals surface area contributed by atoms with Gasteiger partial charge in [-0.05, 0) is 17.0 Å². The molecule has 4 heteroatoms. The standard InChI is InChI=1S/C14H19NO3/c1-9(2)12-6-4-5-11(7-12)8-13(14(17)18)15-10(3)16/h4-7,9,13H,8H2,1-3H3,(H,15,16)(H,17,18). The van der Waals surface area contributed by atoms with Gasteiger partial charge in [0.05, 0.1) is 0 Å². The number of amides is 1. The van der Waals surface area contributed by atoms with Crippen molar-refractivity contribution in [3.63, 3.8) is 0 Å². The van der Waals surface area contributed by atoms with Crippen LogP contribution in [0, 0.1) is 0 Å².